The van der Waals surface area contributed by atoms with Crippen molar-refractivity contribution < 1.29 is 13.2 Å². The fourth-order valence-electron chi connectivity index (χ4n) is 1.40. The van der Waals surface area contributed by atoms with E-state index in [0.29, 0.717) is 12.3 Å². The van der Waals surface area contributed by atoms with Crippen LogP contribution in [0.4, 0.5) is 14.6 Å². The van der Waals surface area contributed by atoms with Crippen LogP contribution >= 0.6 is 11.8 Å². The predicted molar refractivity (Wildman–Crippen MR) is 65.9 cm³/mol. The Bertz CT molecular complexity index is 557. The molecule has 0 fully saturated rings. The van der Waals surface area contributed by atoms with Crippen LogP contribution in [0.5, 0.6) is 0 Å². The molecule has 0 aliphatic carbocycles. The zero-order chi connectivity index (χ0) is 13.1. The van der Waals surface area contributed by atoms with Gasteiger partial charge in [0.15, 0.2) is 17.5 Å². The molecular weight excluding hydrogens is 258 g/mol. The first-order valence-electron chi connectivity index (χ1n) is 5.43. The average Bonchev–Trinajstić information content (AvgIpc) is 2.71. The molecule has 2 rings (SSSR count). The highest BCUT2D eigenvalue weighted by Crippen LogP contribution is 2.32. The molecule has 0 aliphatic heterocycles. The summed E-state index contributed by atoms with van der Waals surface area (Å²) in [5.41, 5.74) is 0. The fraction of sp³-hybridized carbons (Fsp3) is 0.250. The maximum absolute atomic E-state index is 13.6. The summed E-state index contributed by atoms with van der Waals surface area (Å²) < 4.78 is 32.1. The van der Waals surface area contributed by atoms with E-state index in [4.69, 9.17) is 4.42 Å². The van der Waals surface area contributed by atoms with Crippen LogP contribution in [0.25, 0.3) is 0 Å². The summed E-state index contributed by atoms with van der Waals surface area (Å²) in [6, 6.07) is 2.56. The summed E-state index contributed by atoms with van der Waals surface area (Å²) in [5.74, 6) is -0.638. The van der Waals surface area contributed by atoms with Crippen LogP contribution in [0.1, 0.15) is 12.7 Å². The van der Waals surface area contributed by atoms with Crippen molar-refractivity contribution in [2.45, 2.75) is 23.8 Å². The van der Waals surface area contributed by atoms with Crippen LogP contribution in [0.3, 0.4) is 0 Å². The molecule has 0 aromatic carbocycles. The van der Waals surface area contributed by atoms with Gasteiger partial charge < -0.3 is 9.73 Å². The smallest absolute Gasteiger partial charge is 0.168 e. The Morgan fingerprint density at radius 2 is 2.17 bits per heavy atom. The fourth-order valence-corrected chi connectivity index (χ4v) is 2.21. The average molecular weight is 270 g/mol. The van der Waals surface area contributed by atoms with Gasteiger partial charge in [0.25, 0.3) is 0 Å². The van der Waals surface area contributed by atoms with E-state index in [-0.39, 0.29) is 10.8 Å². The number of pyridine rings is 1. The third kappa shape index (κ3) is 2.64. The van der Waals surface area contributed by atoms with Crippen LogP contribution in [-0.4, -0.2) is 11.5 Å². The second-order valence-electron chi connectivity index (χ2n) is 3.58. The third-order valence-corrected chi connectivity index (χ3v) is 3.38. The summed E-state index contributed by atoms with van der Waals surface area (Å²) in [6.45, 7) is 4.11. The first kappa shape index (κ1) is 12.9. The van der Waals surface area contributed by atoms with Gasteiger partial charge in [-0.3, -0.25) is 0 Å². The van der Waals surface area contributed by atoms with Gasteiger partial charge >= 0.3 is 0 Å². The maximum Gasteiger partial charge on any atom is 0.168 e. The molecule has 0 atom stereocenters. The second kappa shape index (κ2) is 5.39. The van der Waals surface area contributed by atoms with E-state index >= 15 is 0 Å². The molecule has 0 spiro atoms. The van der Waals surface area contributed by atoms with Crippen LogP contribution < -0.4 is 5.32 Å². The Morgan fingerprint density at radius 1 is 1.39 bits per heavy atom. The lowest BCUT2D eigenvalue weighted by molar-refractivity contribution is 0.526. The van der Waals surface area contributed by atoms with Crippen molar-refractivity contribution in [1.29, 1.82) is 0 Å². The molecule has 0 saturated carbocycles. The highest BCUT2D eigenvalue weighted by molar-refractivity contribution is 7.99. The molecular formula is C12H12F2N2OS. The Labute approximate surface area is 108 Å². The molecule has 18 heavy (non-hydrogen) atoms. The Hall–Kier alpha value is -1.56. The molecule has 6 heteroatoms. The number of anilines is 1. The van der Waals surface area contributed by atoms with Crippen LogP contribution in [0, 0.1) is 18.6 Å². The van der Waals surface area contributed by atoms with E-state index in [1.165, 1.54) is 6.26 Å². The number of hydrogen-bond donors (Lipinski definition) is 1. The van der Waals surface area contributed by atoms with Gasteiger partial charge in [0.2, 0.25) is 0 Å². The van der Waals surface area contributed by atoms with Gasteiger partial charge in [0.1, 0.15) is 10.8 Å². The molecule has 3 nitrogen and oxygen atoms in total. The van der Waals surface area contributed by atoms with Gasteiger partial charge in [0, 0.05) is 12.6 Å². The molecule has 2 aromatic heterocycles. The Balaban J connectivity index is 2.32. The van der Waals surface area contributed by atoms with Crippen molar-refractivity contribution in [1.82, 2.24) is 4.98 Å². The summed E-state index contributed by atoms with van der Waals surface area (Å²) in [4.78, 5) is 4.70. The first-order chi connectivity index (χ1) is 8.61. The molecule has 1 N–H and O–H groups in total. The lowest BCUT2D eigenvalue weighted by Crippen LogP contribution is -2.04. The molecule has 0 saturated heterocycles. The standard InChI is InChI=1S/C12H12F2N2OS/c1-3-15-11-8(13)6-9(14)12(16-11)18-10-4-5-17-7(10)2/h4-6H,3H2,1-2H3,(H,15,16). The normalized spacial score (nSPS) is 10.7. The van der Waals surface area contributed by atoms with Crippen molar-refractivity contribution in [3.05, 3.63) is 35.8 Å². The lowest BCUT2D eigenvalue weighted by Gasteiger charge is -2.07. The van der Waals surface area contributed by atoms with Crippen LogP contribution in [0.15, 0.2) is 32.7 Å². The van der Waals surface area contributed by atoms with E-state index in [1.807, 2.05) is 6.92 Å². The number of hydrogen-bond acceptors (Lipinski definition) is 4. The number of aromatic nitrogens is 1. The quantitative estimate of drug-likeness (QED) is 0.916. The van der Waals surface area contributed by atoms with Gasteiger partial charge in [-0.05, 0) is 19.9 Å². The minimum absolute atomic E-state index is 0.0579. The highest BCUT2D eigenvalue weighted by Gasteiger charge is 2.14. The minimum atomic E-state index is -0.692. The van der Waals surface area contributed by atoms with E-state index in [0.717, 1.165) is 22.7 Å². The van der Waals surface area contributed by atoms with Crippen molar-refractivity contribution in [2.24, 2.45) is 0 Å². The minimum Gasteiger partial charge on any atom is -0.468 e. The monoisotopic (exact) mass is 270 g/mol. The van der Waals surface area contributed by atoms with E-state index in [1.54, 1.807) is 13.0 Å². The molecule has 2 aromatic rings. The first-order valence-corrected chi connectivity index (χ1v) is 6.25. The number of halogens is 2. The molecule has 0 unspecified atom stereocenters. The number of furan rings is 1. The summed E-state index contributed by atoms with van der Waals surface area (Å²) in [7, 11) is 0. The molecule has 0 radical (unpaired) electrons. The number of nitrogens with zero attached hydrogens (tertiary/aromatic N) is 1. The number of aryl methyl sites for hydroxylation is 1. The summed E-state index contributed by atoms with van der Waals surface area (Å²) in [6.07, 6.45) is 1.52. The molecule has 2 heterocycles. The van der Waals surface area contributed by atoms with Gasteiger partial charge in [0.05, 0.1) is 11.2 Å². The van der Waals surface area contributed by atoms with Crippen molar-refractivity contribution in [3.8, 4) is 0 Å². The predicted octanol–water partition coefficient (Wildman–Crippen LogP) is 3.84. The van der Waals surface area contributed by atoms with E-state index in [2.05, 4.69) is 10.3 Å². The Kier molecular flexibility index (Phi) is 3.86. The van der Waals surface area contributed by atoms with Crippen LogP contribution in [0.2, 0.25) is 0 Å². The Morgan fingerprint density at radius 3 is 2.78 bits per heavy atom. The summed E-state index contributed by atoms with van der Waals surface area (Å²) in [5, 5.41) is 2.87. The topological polar surface area (TPSA) is 38.1 Å². The van der Waals surface area contributed by atoms with Crippen LogP contribution in [-0.2, 0) is 0 Å². The molecule has 0 aliphatic rings. The molecule has 96 valence electrons. The van der Waals surface area contributed by atoms with Gasteiger partial charge in [-0.15, -0.1) is 0 Å². The van der Waals surface area contributed by atoms with E-state index in [9.17, 15) is 8.78 Å². The zero-order valence-electron chi connectivity index (χ0n) is 9.96. The molecule has 0 amide bonds. The highest BCUT2D eigenvalue weighted by atomic mass is 32.2. The molecule has 0 bridgehead atoms. The SMILES string of the molecule is CCNc1nc(Sc2ccoc2C)c(F)cc1F. The number of nitrogens with one attached hydrogen (secondary N) is 1. The van der Waals surface area contributed by atoms with Crippen molar-refractivity contribution in [2.75, 3.05) is 11.9 Å². The second-order valence-corrected chi connectivity index (χ2v) is 4.61. The zero-order valence-corrected chi connectivity index (χ0v) is 10.8. The van der Waals surface area contributed by atoms with Crippen molar-refractivity contribution >= 4 is 17.6 Å². The van der Waals surface area contributed by atoms with Gasteiger partial charge in [-0.1, -0.05) is 11.8 Å². The van der Waals surface area contributed by atoms with Crippen molar-refractivity contribution in [3.63, 3.8) is 0 Å². The van der Waals surface area contributed by atoms with Gasteiger partial charge in [-0.25, -0.2) is 13.8 Å². The largest absolute Gasteiger partial charge is 0.468 e. The van der Waals surface area contributed by atoms with Gasteiger partial charge in [-0.2, -0.15) is 0 Å². The number of rotatable bonds is 4. The van der Waals surface area contributed by atoms with E-state index < -0.39 is 11.6 Å². The summed E-state index contributed by atoms with van der Waals surface area (Å²) >= 11 is 1.11. The third-order valence-electron chi connectivity index (χ3n) is 2.26. The lowest BCUT2D eigenvalue weighted by atomic mass is 10.4. The maximum atomic E-state index is 13.6.